The van der Waals surface area contributed by atoms with Crippen LogP contribution in [0.25, 0.3) is 0 Å². The first-order valence-corrected chi connectivity index (χ1v) is 6.72. The van der Waals surface area contributed by atoms with Gasteiger partial charge in [0.1, 0.15) is 0 Å². The standard InChI is InChI=1S/C9H13N3O2S2/c1-9(2)3-5(9)10-7-11-12-8(16-7)15-4-6(13)14/h5H,3-4H2,1-2H3,(H,10,11)(H,13,14). The molecule has 5 nitrogen and oxygen atoms in total. The van der Waals surface area contributed by atoms with Crippen LogP contribution in [-0.2, 0) is 4.79 Å². The maximum absolute atomic E-state index is 10.4. The number of hydrogen-bond donors (Lipinski definition) is 2. The predicted octanol–water partition coefficient (Wildman–Crippen LogP) is 1.93. The minimum Gasteiger partial charge on any atom is -0.481 e. The molecular formula is C9H13N3O2S2. The van der Waals surface area contributed by atoms with Gasteiger partial charge >= 0.3 is 5.97 Å². The van der Waals surface area contributed by atoms with E-state index in [4.69, 9.17) is 5.11 Å². The summed E-state index contributed by atoms with van der Waals surface area (Å²) in [5.74, 6) is -0.804. The van der Waals surface area contributed by atoms with E-state index in [0.29, 0.717) is 15.8 Å². The number of aromatic nitrogens is 2. The Bertz CT molecular complexity index is 405. The van der Waals surface area contributed by atoms with Crippen molar-refractivity contribution in [3.63, 3.8) is 0 Å². The van der Waals surface area contributed by atoms with Gasteiger partial charge in [-0.15, -0.1) is 10.2 Å². The lowest BCUT2D eigenvalue weighted by Gasteiger charge is -2.02. The van der Waals surface area contributed by atoms with Crippen molar-refractivity contribution in [3.05, 3.63) is 0 Å². The molecule has 1 aromatic rings. The van der Waals surface area contributed by atoms with E-state index in [9.17, 15) is 4.79 Å². The van der Waals surface area contributed by atoms with Crippen molar-refractivity contribution in [2.45, 2.75) is 30.6 Å². The normalized spacial score (nSPS) is 21.8. The van der Waals surface area contributed by atoms with Crippen molar-refractivity contribution in [1.82, 2.24) is 10.2 Å². The average molecular weight is 259 g/mol. The molecule has 1 fully saturated rings. The Hall–Kier alpha value is -0.820. The zero-order valence-corrected chi connectivity index (χ0v) is 10.7. The molecule has 0 aromatic carbocycles. The van der Waals surface area contributed by atoms with Crippen molar-refractivity contribution in [2.75, 3.05) is 11.1 Å². The Morgan fingerprint density at radius 3 is 2.94 bits per heavy atom. The molecule has 0 spiro atoms. The van der Waals surface area contributed by atoms with Gasteiger partial charge < -0.3 is 10.4 Å². The number of carbonyl (C=O) groups is 1. The van der Waals surface area contributed by atoms with E-state index in [-0.39, 0.29) is 5.75 Å². The summed E-state index contributed by atoms with van der Waals surface area (Å²) in [7, 11) is 0. The summed E-state index contributed by atoms with van der Waals surface area (Å²) in [6, 6.07) is 0.470. The van der Waals surface area contributed by atoms with Crippen LogP contribution in [0.5, 0.6) is 0 Å². The van der Waals surface area contributed by atoms with Gasteiger partial charge in [-0.3, -0.25) is 4.79 Å². The highest BCUT2D eigenvalue weighted by Crippen LogP contribution is 2.46. The Balaban J connectivity index is 1.85. The van der Waals surface area contributed by atoms with E-state index in [0.717, 1.165) is 11.6 Å². The van der Waals surface area contributed by atoms with Crippen LogP contribution >= 0.6 is 23.1 Å². The van der Waals surface area contributed by atoms with Gasteiger partial charge in [-0.05, 0) is 11.8 Å². The molecule has 16 heavy (non-hydrogen) atoms. The lowest BCUT2D eigenvalue weighted by Crippen LogP contribution is -2.07. The number of hydrogen-bond acceptors (Lipinski definition) is 6. The molecule has 1 unspecified atom stereocenters. The fraction of sp³-hybridized carbons (Fsp3) is 0.667. The van der Waals surface area contributed by atoms with Crippen LogP contribution in [0.4, 0.5) is 5.13 Å². The second-order valence-corrected chi connectivity index (χ2v) is 6.65. The van der Waals surface area contributed by atoms with E-state index in [1.165, 1.54) is 23.1 Å². The molecule has 0 radical (unpaired) electrons. The molecule has 1 aliphatic rings. The molecule has 0 bridgehead atoms. The summed E-state index contributed by atoms with van der Waals surface area (Å²) in [4.78, 5) is 10.4. The molecular weight excluding hydrogens is 246 g/mol. The van der Waals surface area contributed by atoms with Crippen molar-refractivity contribution < 1.29 is 9.90 Å². The Kier molecular flexibility index (Phi) is 3.07. The van der Waals surface area contributed by atoms with Crippen LogP contribution in [0.3, 0.4) is 0 Å². The Morgan fingerprint density at radius 2 is 2.38 bits per heavy atom. The second-order valence-electron chi connectivity index (χ2n) is 4.45. The quantitative estimate of drug-likeness (QED) is 0.787. The topological polar surface area (TPSA) is 75.1 Å². The van der Waals surface area contributed by atoms with Crippen molar-refractivity contribution in [2.24, 2.45) is 5.41 Å². The van der Waals surface area contributed by atoms with E-state index < -0.39 is 5.97 Å². The zero-order chi connectivity index (χ0) is 11.8. The highest BCUT2D eigenvalue weighted by molar-refractivity contribution is 8.01. The lowest BCUT2D eigenvalue weighted by atomic mass is 10.2. The summed E-state index contributed by atoms with van der Waals surface area (Å²) < 4.78 is 0.698. The minimum absolute atomic E-state index is 0.0313. The van der Waals surface area contributed by atoms with Gasteiger partial charge in [0.25, 0.3) is 0 Å². The SMILES string of the molecule is CC1(C)CC1Nc1nnc(SCC(=O)O)s1. The summed E-state index contributed by atoms with van der Waals surface area (Å²) in [6.45, 7) is 4.40. The fourth-order valence-corrected chi connectivity index (χ4v) is 2.84. The van der Waals surface area contributed by atoms with Gasteiger partial charge in [-0.25, -0.2) is 0 Å². The van der Waals surface area contributed by atoms with Gasteiger partial charge in [-0.1, -0.05) is 36.9 Å². The maximum atomic E-state index is 10.4. The van der Waals surface area contributed by atoms with E-state index in [1.807, 2.05) is 0 Å². The van der Waals surface area contributed by atoms with Crippen LogP contribution in [0.1, 0.15) is 20.3 Å². The number of anilines is 1. The Labute approximate surface area is 102 Å². The maximum Gasteiger partial charge on any atom is 0.313 e. The first-order valence-electron chi connectivity index (χ1n) is 4.92. The van der Waals surface area contributed by atoms with Crippen molar-refractivity contribution in [1.29, 1.82) is 0 Å². The number of nitrogens with zero attached hydrogens (tertiary/aromatic N) is 2. The molecule has 0 amide bonds. The largest absolute Gasteiger partial charge is 0.481 e. The smallest absolute Gasteiger partial charge is 0.313 e. The van der Waals surface area contributed by atoms with Crippen LogP contribution in [0.15, 0.2) is 4.34 Å². The van der Waals surface area contributed by atoms with E-state index in [1.54, 1.807) is 0 Å². The number of rotatable bonds is 5. The highest BCUT2D eigenvalue weighted by atomic mass is 32.2. The predicted molar refractivity (Wildman–Crippen MR) is 64.1 cm³/mol. The summed E-state index contributed by atoms with van der Waals surface area (Å²) in [5.41, 5.74) is 0.347. The van der Waals surface area contributed by atoms with Crippen molar-refractivity contribution >= 4 is 34.2 Å². The summed E-state index contributed by atoms with van der Waals surface area (Å²) in [6.07, 6.45) is 1.14. The zero-order valence-electron chi connectivity index (χ0n) is 9.06. The number of thioether (sulfide) groups is 1. The summed E-state index contributed by atoms with van der Waals surface area (Å²) >= 11 is 2.61. The lowest BCUT2D eigenvalue weighted by molar-refractivity contribution is -0.133. The van der Waals surface area contributed by atoms with Crippen LogP contribution in [-0.4, -0.2) is 33.1 Å². The first kappa shape index (κ1) is 11.7. The molecule has 2 rings (SSSR count). The molecule has 0 aliphatic heterocycles. The first-order chi connectivity index (χ1) is 7.47. The Morgan fingerprint density at radius 1 is 1.69 bits per heavy atom. The number of nitrogens with one attached hydrogen (secondary N) is 1. The van der Waals surface area contributed by atoms with Crippen LogP contribution in [0, 0.1) is 5.41 Å². The molecule has 2 N–H and O–H groups in total. The minimum atomic E-state index is -0.835. The molecule has 1 aromatic heterocycles. The van der Waals surface area contributed by atoms with Gasteiger partial charge in [0.05, 0.1) is 5.75 Å². The van der Waals surface area contributed by atoms with Crippen molar-refractivity contribution in [3.8, 4) is 0 Å². The number of carboxylic acid groups (broad SMARTS) is 1. The fourth-order valence-electron chi connectivity index (χ4n) is 1.31. The molecule has 7 heteroatoms. The van der Waals surface area contributed by atoms with Gasteiger partial charge in [0.15, 0.2) is 4.34 Å². The van der Waals surface area contributed by atoms with Gasteiger partial charge in [-0.2, -0.15) is 0 Å². The van der Waals surface area contributed by atoms with Crippen LogP contribution < -0.4 is 5.32 Å². The third-order valence-electron chi connectivity index (χ3n) is 2.54. The molecule has 1 saturated carbocycles. The molecule has 1 aliphatic carbocycles. The molecule has 1 atom stereocenters. The monoisotopic (exact) mass is 259 g/mol. The third-order valence-corrected chi connectivity index (χ3v) is 4.51. The molecule has 1 heterocycles. The second kappa shape index (κ2) is 4.21. The molecule has 0 saturated heterocycles. The molecule has 88 valence electrons. The highest BCUT2D eigenvalue weighted by Gasteiger charge is 2.46. The van der Waals surface area contributed by atoms with Gasteiger partial charge in [0, 0.05) is 6.04 Å². The van der Waals surface area contributed by atoms with Crippen LogP contribution in [0.2, 0.25) is 0 Å². The third kappa shape index (κ3) is 2.85. The number of aliphatic carboxylic acids is 1. The van der Waals surface area contributed by atoms with Gasteiger partial charge in [0.2, 0.25) is 5.13 Å². The summed E-state index contributed by atoms with van der Waals surface area (Å²) in [5, 5.41) is 20.5. The number of carboxylic acids is 1. The average Bonchev–Trinajstić information content (AvgIpc) is 2.62. The van der Waals surface area contributed by atoms with E-state index >= 15 is 0 Å². The van der Waals surface area contributed by atoms with E-state index in [2.05, 4.69) is 29.4 Å².